The van der Waals surface area contributed by atoms with E-state index in [9.17, 15) is 4.79 Å². The second kappa shape index (κ2) is 6.16. The van der Waals surface area contributed by atoms with Gasteiger partial charge in [-0.1, -0.05) is 29.8 Å². The number of nitrogens with zero attached hydrogens (tertiary/aromatic N) is 1. The molecule has 1 N–H and O–H groups in total. The number of aromatic nitrogens is 1. The van der Waals surface area contributed by atoms with E-state index in [1.165, 1.54) is 30.4 Å². The molecule has 0 spiro atoms. The molecule has 140 valence electrons. The van der Waals surface area contributed by atoms with Gasteiger partial charge in [0, 0.05) is 10.7 Å². The Bertz CT molecular complexity index is 860. The van der Waals surface area contributed by atoms with Crippen molar-refractivity contribution in [1.82, 2.24) is 4.98 Å². The normalized spacial score (nSPS) is 33.9. The Labute approximate surface area is 169 Å². The first-order valence-electron chi connectivity index (χ1n) is 9.97. The maximum atomic E-state index is 13.4. The van der Waals surface area contributed by atoms with Crippen LogP contribution in [-0.4, -0.2) is 10.9 Å². The summed E-state index contributed by atoms with van der Waals surface area (Å²) in [5.41, 5.74) is 2.70. The number of hydrogen-bond donors (Lipinski definition) is 1. The lowest BCUT2D eigenvalue weighted by Gasteiger charge is -2.61. The lowest BCUT2D eigenvalue weighted by Crippen LogP contribution is -2.58. The van der Waals surface area contributed by atoms with Crippen LogP contribution in [0.25, 0.3) is 0 Å². The van der Waals surface area contributed by atoms with Gasteiger partial charge in [0.1, 0.15) is 5.82 Å². The summed E-state index contributed by atoms with van der Waals surface area (Å²) < 4.78 is 0.925. The Kier molecular flexibility index (Phi) is 3.98. The first-order chi connectivity index (χ1) is 13.0. The third-order valence-electron chi connectivity index (χ3n) is 7.18. The molecule has 4 saturated carbocycles. The molecule has 4 heteroatoms. The van der Waals surface area contributed by atoms with Crippen molar-refractivity contribution in [1.29, 1.82) is 0 Å². The minimum absolute atomic E-state index is 0.183. The fraction of sp³-hybridized carbons (Fsp3) is 0.478. The van der Waals surface area contributed by atoms with Crippen LogP contribution in [0.4, 0.5) is 5.82 Å². The summed E-state index contributed by atoms with van der Waals surface area (Å²) in [4.78, 5) is 17.8. The average molecular weight is 425 g/mol. The first kappa shape index (κ1) is 17.4. The van der Waals surface area contributed by atoms with Gasteiger partial charge in [-0.05, 0) is 96.3 Å². The highest BCUT2D eigenvalue weighted by atomic mass is 79.9. The number of halogens is 1. The number of carbonyl (C=O) groups excluding carboxylic acids is 1. The van der Waals surface area contributed by atoms with E-state index in [4.69, 9.17) is 0 Å². The molecule has 27 heavy (non-hydrogen) atoms. The van der Waals surface area contributed by atoms with Gasteiger partial charge in [0.2, 0.25) is 5.91 Å². The standard InChI is InChI=1S/C23H25BrN2O/c1-15-2-4-18(5-3-15)22-9-16-8-17(10-22)12-23(11-16,14-22)21(27)26-20-7-6-19(24)13-25-20/h2-7,13,16-17H,8-12,14H2,1H3,(H,25,26,27)/t16-,17-,22?,23?/m1/s1. The van der Waals surface area contributed by atoms with Gasteiger partial charge in [0.15, 0.2) is 0 Å². The van der Waals surface area contributed by atoms with Crippen LogP contribution in [0, 0.1) is 24.2 Å². The molecule has 2 atom stereocenters. The van der Waals surface area contributed by atoms with E-state index < -0.39 is 0 Å². The van der Waals surface area contributed by atoms with Crippen molar-refractivity contribution in [2.24, 2.45) is 17.3 Å². The lowest BCUT2D eigenvalue weighted by atomic mass is 9.42. The number of carbonyl (C=O) groups is 1. The van der Waals surface area contributed by atoms with Gasteiger partial charge < -0.3 is 5.32 Å². The maximum absolute atomic E-state index is 13.4. The van der Waals surface area contributed by atoms with Crippen molar-refractivity contribution in [3.63, 3.8) is 0 Å². The van der Waals surface area contributed by atoms with Gasteiger partial charge in [0.25, 0.3) is 0 Å². The van der Waals surface area contributed by atoms with E-state index in [1.54, 1.807) is 6.20 Å². The second-order valence-electron chi connectivity index (χ2n) is 9.20. The smallest absolute Gasteiger partial charge is 0.231 e. The predicted molar refractivity (Wildman–Crippen MR) is 111 cm³/mol. The van der Waals surface area contributed by atoms with Crippen LogP contribution in [0.3, 0.4) is 0 Å². The highest BCUT2D eigenvalue weighted by Gasteiger charge is 2.60. The summed E-state index contributed by atoms with van der Waals surface area (Å²) in [5, 5.41) is 3.13. The number of amides is 1. The zero-order chi connectivity index (χ0) is 18.6. The molecule has 0 aliphatic heterocycles. The fourth-order valence-electron chi connectivity index (χ4n) is 6.47. The van der Waals surface area contributed by atoms with Crippen molar-refractivity contribution >= 4 is 27.7 Å². The molecule has 1 aromatic heterocycles. The summed E-state index contributed by atoms with van der Waals surface area (Å²) in [6, 6.07) is 12.9. The zero-order valence-electron chi connectivity index (χ0n) is 15.7. The zero-order valence-corrected chi connectivity index (χ0v) is 17.3. The van der Waals surface area contributed by atoms with E-state index in [0.29, 0.717) is 17.7 Å². The number of nitrogens with one attached hydrogen (secondary N) is 1. The number of anilines is 1. The summed E-state index contributed by atoms with van der Waals surface area (Å²) in [7, 11) is 0. The highest BCUT2D eigenvalue weighted by molar-refractivity contribution is 9.10. The molecule has 4 aliphatic rings. The van der Waals surface area contributed by atoms with Crippen LogP contribution in [0.15, 0.2) is 47.1 Å². The molecule has 4 aliphatic carbocycles. The van der Waals surface area contributed by atoms with Gasteiger partial charge in [0.05, 0.1) is 5.41 Å². The van der Waals surface area contributed by atoms with E-state index in [1.807, 2.05) is 12.1 Å². The molecular weight excluding hydrogens is 400 g/mol. The van der Waals surface area contributed by atoms with E-state index in [2.05, 4.69) is 57.4 Å². The SMILES string of the molecule is Cc1ccc(C23C[C@H]4C[C@@H](CC(C(=O)Nc5ccc(Br)cn5)(C4)C2)C3)cc1. The van der Waals surface area contributed by atoms with Crippen molar-refractivity contribution in [3.05, 3.63) is 58.2 Å². The molecule has 0 saturated heterocycles. The van der Waals surface area contributed by atoms with Crippen molar-refractivity contribution in [2.75, 3.05) is 5.32 Å². The summed E-state index contributed by atoms with van der Waals surface area (Å²) >= 11 is 3.41. The van der Waals surface area contributed by atoms with Crippen LogP contribution in [0.5, 0.6) is 0 Å². The van der Waals surface area contributed by atoms with Crippen LogP contribution < -0.4 is 5.32 Å². The van der Waals surface area contributed by atoms with Crippen LogP contribution >= 0.6 is 15.9 Å². The van der Waals surface area contributed by atoms with Gasteiger partial charge in [-0.15, -0.1) is 0 Å². The van der Waals surface area contributed by atoms with Crippen LogP contribution in [-0.2, 0) is 10.2 Å². The molecule has 3 nitrogen and oxygen atoms in total. The van der Waals surface area contributed by atoms with E-state index >= 15 is 0 Å². The Balaban J connectivity index is 1.46. The molecule has 1 heterocycles. The number of benzene rings is 1. The lowest BCUT2D eigenvalue weighted by molar-refractivity contribution is -0.143. The van der Waals surface area contributed by atoms with Gasteiger partial charge in [-0.3, -0.25) is 4.79 Å². The molecule has 0 radical (unpaired) electrons. The Morgan fingerprint density at radius 3 is 2.41 bits per heavy atom. The average Bonchev–Trinajstić information content (AvgIpc) is 2.63. The largest absolute Gasteiger partial charge is 0.310 e. The van der Waals surface area contributed by atoms with E-state index in [0.717, 1.165) is 23.7 Å². The molecule has 6 rings (SSSR count). The first-order valence-corrected chi connectivity index (χ1v) is 10.8. The molecule has 0 unspecified atom stereocenters. The van der Waals surface area contributed by atoms with E-state index in [-0.39, 0.29) is 16.7 Å². The van der Waals surface area contributed by atoms with Crippen LogP contribution in [0.1, 0.15) is 49.7 Å². The third kappa shape index (κ3) is 2.93. The number of hydrogen-bond acceptors (Lipinski definition) is 2. The minimum atomic E-state index is -0.232. The fourth-order valence-corrected chi connectivity index (χ4v) is 6.71. The molecular formula is C23H25BrN2O. The quantitative estimate of drug-likeness (QED) is 0.693. The van der Waals surface area contributed by atoms with Gasteiger partial charge >= 0.3 is 0 Å². The number of aryl methyl sites for hydroxylation is 1. The molecule has 4 bridgehead atoms. The molecule has 4 fully saturated rings. The highest BCUT2D eigenvalue weighted by Crippen LogP contribution is 2.65. The number of pyridine rings is 1. The summed E-state index contributed by atoms with van der Waals surface area (Å²) in [5.74, 6) is 2.19. The predicted octanol–water partition coefficient (Wildman–Crippen LogP) is 5.63. The molecule has 1 amide bonds. The second-order valence-corrected chi connectivity index (χ2v) is 10.1. The van der Waals surface area contributed by atoms with Crippen LogP contribution in [0.2, 0.25) is 0 Å². The van der Waals surface area contributed by atoms with Gasteiger partial charge in [-0.25, -0.2) is 4.98 Å². The molecule has 1 aromatic carbocycles. The Morgan fingerprint density at radius 1 is 1.07 bits per heavy atom. The van der Waals surface area contributed by atoms with Crippen molar-refractivity contribution < 1.29 is 4.79 Å². The third-order valence-corrected chi connectivity index (χ3v) is 7.64. The number of rotatable bonds is 3. The maximum Gasteiger partial charge on any atom is 0.231 e. The van der Waals surface area contributed by atoms with Gasteiger partial charge in [-0.2, -0.15) is 0 Å². The topological polar surface area (TPSA) is 42.0 Å². The summed E-state index contributed by atoms with van der Waals surface area (Å²) in [6.45, 7) is 2.14. The van der Waals surface area contributed by atoms with Crippen molar-refractivity contribution in [2.45, 2.75) is 50.9 Å². The minimum Gasteiger partial charge on any atom is -0.310 e. The molecule has 2 aromatic rings. The van der Waals surface area contributed by atoms with Crippen molar-refractivity contribution in [3.8, 4) is 0 Å². The summed E-state index contributed by atoms with van der Waals surface area (Å²) in [6.07, 6.45) is 8.61. The Morgan fingerprint density at radius 2 is 1.78 bits per heavy atom. The Hall–Kier alpha value is -1.68. The monoisotopic (exact) mass is 424 g/mol.